The number of hydrogen-bond donors (Lipinski definition) is 2. The molecule has 3 unspecified atom stereocenters. The first-order chi connectivity index (χ1) is 16.8. The lowest BCUT2D eigenvalue weighted by Crippen LogP contribution is -2.55. The number of carbonyl (C=O) groups excluding carboxylic acids is 2. The van der Waals surface area contributed by atoms with Crippen molar-refractivity contribution in [3.05, 3.63) is 59.7 Å². The number of thioether (sulfide) groups is 1. The summed E-state index contributed by atoms with van der Waals surface area (Å²) in [5, 5.41) is 12.2. The first-order valence-electron chi connectivity index (χ1n) is 12.1. The number of aliphatic carboxylic acids is 1. The Morgan fingerprint density at radius 2 is 1.69 bits per heavy atom. The van der Waals surface area contributed by atoms with Crippen LogP contribution in [0, 0.1) is 5.92 Å². The molecule has 0 saturated carbocycles. The molecule has 0 aromatic heterocycles. The van der Waals surface area contributed by atoms with E-state index in [1.54, 1.807) is 0 Å². The molecule has 186 valence electrons. The van der Waals surface area contributed by atoms with Crippen LogP contribution in [0.3, 0.4) is 0 Å². The van der Waals surface area contributed by atoms with Gasteiger partial charge in [0.1, 0.15) is 18.7 Å². The van der Waals surface area contributed by atoms with Crippen LogP contribution in [0.4, 0.5) is 4.79 Å². The number of rotatable bonds is 8. The smallest absolute Gasteiger partial charge is 0.407 e. The minimum atomic E-state index is -1.02. The minimum Gasteiger partial charge on any atom is -0.480 e. The maximum absolute atomic E-state index is 13.5. The molecular weight excluding hydrogens is 464 g/mol. The van der Waals surface area contributed by atoms with Gasteiger partial charge in [-0.3, -0.25) is 4.79 Å². The number of benzene rings is 2. The van der Waals surface area contributed by atoms with E-state index in [0.29, 0.717) is 18.6 Å². The van der Waals surface area contributed by atoms with E-state index in [1.165, 1.54) is 16.7 Å². The van der Waals surface area contributed by atoms with Crippen molar-refractivity contribution in [3.8, 4) is 11.1 Å². The third-order valence-electron chi connectivity index (χ3n) is 6.66. The first-order valence-corrected chi connectivity index (χ1v) is 13.2. The Morgan fingerprint density at radius 3 is 2.23 bits per heavy atom. The zero-order valence-corrected chi connectivity index (χ0v) is 21.1. The quantitative estimate of drug-likeness (QED) is 0.550. The van der Waals surface area contributed by atoms with Gasteiger partial charge >= 0.3 is 12.1 Å². The van der Waals surface area contributed by atoms with Crippen LogP contribution in [0.15, 0.2) is 48.5 Å². The molecule has 35 heavy (non-hydrogen) atoms. The number of nitrogens with one attached hydrogen (secondary N) is 1. The largest absolute Gasteiger partial charge is 0.480 e. The van der Waals surface area contributed by atoms with E-state index in [4.69, 9.17) is 4.74 Å². The lowest BCUT2D eigenvalue weighted by Gasteiger charge is -2.33. The SMILES string of the molecule is CCCC(NC(=O)OCC1c2ccccc2-c2ccccc21)C(=O)N1C(C(=O)O)CSC1C(C)C. The molecule has 2 aliphatic rings. The minimum absolute atomic E-state index is 0.0785. The number of carboxylic acids is 1. The van der Waals surface area contributed by atoms with Gasteiger partial charge in [0, 0.05) is 11.7 Å². The lowest BCUT2D eigenvalue weighted by molar-refractivity contribution is -0.150. The fourth-order valence-electron chi connectivity index (χ4n) is 5.02. The van der Waals surface area contributed by atoms with Crippen LogP contribution in [0.25, 0.3) is 11.1 Å². The number of hydrogen-bond acceptors (Lipinski definition) is 5. The van der Waals surface area contributed by atoms with Gasteiger partial charge < -0.3 is 20.1 Å². The van der Waals surface area contributed by atoms with Crippen LogP contribution in [-0.2, 0) is 14.3 Å². The van der Waals surface area contributed by atoms with Crippen LogP contribution in [0.5, 0.6) is 0 Å². The summed E-state index contributed by atoms with van der Waals surface area (Å²) in [6.07, 6.45) is 0.394. The molecule has 0 spiro atoms. The van der Waals surface area contributed by atoms with Gasteiger partial charge in [-0.05, 0) is 34.6 Å². The highest BCUT2D eigenvalue weighted by molar-refractivity contribution is 8.00. The Hall–Kier alpha value is -3.00. The summed E-state index contributed by atoms with van der Waals surface area (Å²) in [7, 11) is 0. The first kappa shape index (κ1) is 25.1. The van der Waals surface area contributed by atoms with Crippen LogP contribution < -0.4 is 5.32 Å². The predicted octanol–water partition coefficient (Wildman–Crippen LogP) is 4.70. The Kier molecular flexibility index (Phi) is 7.69. The summed E-state index contributed by atoms with van der Waals surface area (Å²) in [4.78, 5) is 39.6. The highest BCUT2D eigenvalue weighted by Crippen LogP contribution is 2.44. The molecule has 0 radical (unpaired) electrons. The second-order valence-electron chi connectivity index (χ2n) is 9.38. The van der Waals surface area contributed by atoms with Crippen LogP contribution in [0.1, 0.15) is 50.7 Å². The van der Waals surface area contributed by atoms with E-state index in [9.17, 15) is 19.5 Å². The molecule has 1 heterocycles. The molecule has 2 aromatic rings. The number of carbonyl (C=O) groups is 3. The number of carboxylic acid groups (broad SMARTS) is 1. The number of fused-ring (bicyclic) bond motifs is 3. The van der Waals surface area contributed by atoms with Crippen LogP contribution >= 0.6 is 11.8 Å². The number of amides is 2. The van der Waals surface area contributed by atoms with E-state index in [-0.39, 0.29) is 29.7 Å². The van der Waals surface area contributed by atoms with E-state index < -0.39 is 24.1 Å². The fourth-order valence-corrected chi connectivity index (χ4v) is 6.50. The molecule has 0 bridgehead atoms. The van der Waals surface area contributed by atoms with Gasteiger partial charge in [0.05, 0.1) is 5.37 Å². The van der Waals surface area contributed by atoms with E-state index in [2.05, 4.69) is 17.4 Å². The summed E-state index contributed by atoms with van der Waals surface area (Å²) in [5.74, 6) is -1.04. The maximum atomic E-state index is 13.5. The lowest BCUT2D eigenvalue weighted by atomic mass is 9.98. The topological polar surface area (TPSA) is 95.9 Å². The Balaban J connectivity index is 1.46. The van der Waals surface area contributed by atoms with Gasteiger partial charge in [0.15, 0.2) is 0 Å². The van der Waals surface area contributed by atoms with Crippen LogP contribution in [0.2, 0.25) is 0 Å². The highest BCUT2D eigenvalue weighted by Gasteiger charge is 2.45. The zero-order chi connectivity index (χ0) is 25.1. The maximum Gasteiger partial charge on any atom is 0.407 e. The van der Waals surface area contributed by atoms with E-state index >= 15 is 0 Å². The van der Waals surface area contributed by atoms with Crippen LogP contribution in [-0.4, -0.2) is 57.8 Å². The molecule has 2 amide bonds. The third kappa shape index (κ3) is 5.03. The molecule has 4 rings (SSSR count). The van der Waals surface area contributed by atoms with E-state index in [0.717, 1.165) is 22.3 Å². The molecule has 8 heteroatoms. The molecule has 3 atom stereocenters. The second-order valence-corrected chi connectivity index (χ2v) is 10.5. The van der Waals surface area contributed by atoms with Crippen molar-refractivity contribution in [2.24, 2.45) is 5.92 Å². The zero-order valence-electron chi connectivity index (χ0n) is 20.3. The summed E-state index contributed by atoms with van der Waals surface area (Å²) < 4.78 is 5.64. The van der Waals surface area contributed by atoms with Gasteiger partial charge in [-0.15, -0.1) is 11.8 Å². The molecule has 1 aliphatic carbocycles. The van der Waals surface area contributed by atoms with Crippen molar-refractivity contribution in [1.82, 2.24) is 10.2 Å². The fraction of sp³-hybridized carbons (Fsp3) is 0.444. The summed E-state index contributed by atoms with van der Waals surface area (Å²) in [5.41, 5.74) is 4.51. The van der Waals surface area contributed by atoms with Crippen molar-refractivity contribution in [2.45, 2.75) is 57.0 Å². The molecule has 1 aliphatic heterocycles. The van der Waals surface area contributed by atoms with Gasteiger partial charge in [0.25, 0.3) is 0 Å². The molecule has 1 fully saturated rings. The summed E-state index contributed by atoms with van der Waals surface area (Å²) in [6, 6.07) is 14.5. The van der Waals surface area contributed by atoms with Crippen molar-refractivity contribution < 1.29 is 24.2 Å². The van der Waals surface area contributed by atoms with Gasteiger partial charge in [0.2, 0.25) is 5.91 Å². The molecule has 2 N–H and O–H groups in total. The third-order valence-corrected chi connectivity index (χ3v) is 8.28. The average molecular weight is 497 g/mol. The van der Waals surface area contributed by atoms with Crippen molar-refractivity contribution in [2.75, 3.05) is 12.4 Å². The van der Waals surface area contributed by atoms with Crippen molar-refractivity contribution >= 4 is 29.7 Å². The Bertz CT molecular complexity index is 1060. The standard InChI is InChI=1S/C27H32N2O5S/c1-4-9-22(24(30)29-23(26(31)32)15-35-25(29)16(2)3)28-27(33)34-14-21-19-12-7-5-10-17(19)18-11-6-8-13-20(18)21/h5-8,10-13,16,21-23,25H,4,9,14-15H2,1-3H3,(H,28,33)(H,31,32). The molecule has 7 nitrogen and oxygen atoms in total. The number of ether oxygens (including phenoxy) is 1. The normalized spacial score (nSPS) is 19.8. The van der Waals surface area contributed by atoms with Crippen molar-refractivity contribution in [1.29, 1.82) is 0 Å². The Labute approximate surface area is 210 Å². The summed E-state index contributed by atoms with van der Waals surface area (Å²) >= 11 is 1.47. The van der Waals surface area contributed by atoms with Gasteiger partial charge in [-0.1, -0.05) is 75.7 Å². The molecule has 2 aromatic carbocycles. The monoisotopic (exact) mass is 496 g/mol. The van der Waals surface area contributed by atoms with Gasteiger partial charge in [-0.25, -0.2) is 9.59 Å². The molecular formula is C27H32N2O5S. The average Bonchev–Trinajstić information content (AvgIpc) is 3.42. The van der Waals surface area contributed by atoms with Crippen molar-refractivity contribution in [3.63, 3.8) is 0 Å². The molecule has 1 saturated heterocycles. The van der Waals surface area contributed by atoms with E-state index in [1.807, 2.05) is 57.2 Å². The Morgan fingerprint density at radius 1 is 1.09 bits per heavy atom. The second kappa shape index (κ2) is 10.7. The predicted molar refractivity (Wildman–Crippen MR) is 136 cm³/mol. The highest BCUT2D eigenvalue weighted by atomic mass is 32.2. The van der Waals surface area contributed by atoms with Gasteiger partial charge in [-0.2, -0.15) is 0 Å². The number of nitrogens with zero attached hydrogens (tertiary/aromatic N) is 1. The number of alkyl carbamates (subject to hydrolysis) is 1. The summed E-state index contributed by atoms with van der Waals surface area (Å²) in [6.45, 7) is 6.01.